The number of hydrogen-bond donors (Lipinski definition) is 1. The maximum atomic E-state index is 13.4. The molecule has 1 N–H and O–H groups in total. The van der Waals surface area contributed by atoms with Gasteiger partial charge in [0.05, 0.1) is 24.3 Å². The first kappa shape index (κ1) is 20.0. The number of likely N-dealkylation sites (tertiary alicyclic amines) is 1. The van der Waals surface area contributed by atoms with Crippen molar-refractivity contribution in [1.29, 1.82) is 0 Å². The highest BCUT2D eigenvalue weighted by atomic mass is 35.5. The Morgan fingerprint density at radius 1 is 1.03 bits per heavy atom. The van der Waals surface area contributed by atoms with Crippen molar-refractivity contribution >= 4 is 35.0 Å². The lowest BCUT2D eigenvalue weighted by atomic mass is 9.85. The molecule has 5 atom stereocenters. The maximum absolute atomic E-state index is 13.4. The molecule has 0 radical (unpaired) electrons. The summed E-state index contributed by atoms with van der Waals surface area (Å²) in [4.78, 5) is 41.2. The first-order valence-corrected chi connectivity index (χ1v) is 11.0. The summed E-state index contributed by atoms with van der Waals surface area (Å²) in [6.45, 7) is 1.94. The van der Waals surface area contributed by atoms with Gasteiger partial charge in [-0.15, -0.1) is 0 Å². The van der Waals surface area contributed by atoms with Crippen LogP contribution < -0.4 is 5.32 Å². The fraction of sp³-hybridized carbons (Fsp3) is 0.320. The van der Waals surface area contributed by atoms with Gasteiger partial charge in [0.15, 0.2) is 0 Å². The molecule has 3 amide bonds. The molecule has 2 fully saturated rings. The van der Waals surface area contributed by atoms with Crippen LogP contribution in [0.25, 0.3) is 0 Å². The zero-order valence-electron chi connectivity index (χ0n) is 17.1. The normalized spacial score (nSPS) is 27.0. The number of nitrogens with zero attached hydrogens (tertiary/aromatic N) is 1. The number of nitrogens with one attached hydrogen (secondary N) is 1. The van der Waals surface area contributed by atoms with E-state index < -0.39 is 6.04 Å². The first-order chi connectivity index (χ1) is 14.9. The van der Waals surface area contributed by atoms with E-state index >= 15 is 0 Å². The molecule has 0 aromatic heterocycles. The van der Waals surface area contributed by atoms with Crippen LogP contribution in [-0.4, -0.2) is 22.6 Å². The standard InChI is InChI=1S/C25H23ClN2O3/c1-14-4-2-3-5-19(14)20(13-21(29)27-18-10-8-17(26)9-11-18)28-24(30)22-15-6-7-16(12-15)23(22)25(28)31/h2-11,15-16,20,22-23H,12-13H2,1H3,(H,27,29). The summed E-state index contributed by atoms with van der Waals surface area (Å²) in [5, 5.41) is 3.45. The number of amides is 3. The van der Waals surface area contributed by atoms with Crippen LogP contribution in [0.2, 0.25) is 5.02 Å². The Hall–Kier alpha value is -2.92. The fourth-order valence-corrected chi connectivity index (χ4v) is 5.58. The van der Waals surface area contributed by atoms with E-state index in [9.17, 15) is 14.4 Å². The zero-order valence-corrected chi connectivity index (χ0v) is 17.9. The van der Waals surface area contributed by atoms with Gasteiger partial charge in [0.2, 0.25) is 17.7 Å². The van der Waals surface area contributed by atoms with Crippen molar-refractivity contribution in [3.8, 4) is 0 Å². The smallest absolute Gasteiger partial charge is 0.234 e. The minimum Gasteiger partial charge on any atom is -0.326 e. The average Bonchev–Trinajstić information content (AvgIpc) is 3.43. The number of allylic oxidation sites excluding steroid dienone is 2. The van der Waals surface area contributed by atoms with Crippen LogP contribution in [0.1, 0.15) is 30.0 Å². The molecule has 5 nitrogen and oxygen atoms in total. The zero-order chi connectivity index (χ0) is 21.7. The highest BCUT2D eigenvalue weighted by Gasteiger charge is 2.60. The van der Waals surface area contributed by atoms with Crippen molar-refractivity contribution in [2.24, 2.45) is 23.7 Å². The van der Waals surface area contributed by atoms with Gasteiger partial charge in [-0.3, -0.25) is 19.3 Å². The van der Waals surface area contributed by atoms with Crippen LogP contribution in [0.4, 0.5) is 5.69 Å². The monoisotopic (exact) mass is 434 g/mol. The molecule has 1 aliphatic heterocycles. The highest BCUT2D eigenvalue weighted by Crippen LogP contribution is 2.54. The Kier molecular flexibility index (Phi) is 4.94. The number of benzene rings is 2. The van der Waals surface area contributed by atoms with Gasteiger partial charge in [0, 0.05) is 10.7 Å². The van der Waals surface area contributed by atoms with Crippen molar-refractivity contribution in [3.63, 3.8) is 0 Å². The third kappa shape index (κ3) is 3.37. The topological polar surface area (TPSA) is 66.5 Å². The minimum absolute atomic E-state index is 0.00710. The highest BCUT2D eigenvalue weighted by molar-refractivity contribution is 6.30. The Balaban J connectivity index is 1.45. The lowest BCUT2D eigenvalue weighted by molar-refractivity contribution is -0.144. The number of carbonyl (C=O) groups excluding carboxylic acids is 3. The van der Waals surface area contributed by atoms with E-state index in [4.69, 9.17) is 11.6 Å². The van der Waals surface area contributed by atoms with Crippen molar-refractivity contribution in [2.45, 2.75) is 25.8 Å². The maximum Gasteiger partial charge on any atom is 0.234 e. The predicted octanol–water partition coefficient (Wildman–Crippen LogP) is 4.53. The van der Waals surface area contributed by atoms with Crippen molar-refractivity contribution in [1.82, 2.24) is 4.90 Å². The molecular formula is C25H23ClN2O3. The molecule has 1 saturated heterocycles. The average molecular weight is 435 g/mol. The lowest BCUT2D eigenvalue weighted by Gasteiger charge is -2.29. The molecule has 2 bridgehead atoms. The van der Waals surface area contributed by atoms with Crippen molar-refractivity contribution < 1.29 is 14.4 Å². The second-order valence-electron chi connectivity index (χ2n) is 8.68. The first-order valence-electron chi connectivity index (χ1n) is 10.6. The van der Waals surface area contributed by atoms with Crippen LogP contribution >= 0.6 is 11.6 Å². The van der Waals surface area contributed by atoms with E-state index in [1.54, 1.807) is 24.3 Å². The van der Waals surface area contributed by atoms with Crippen molar-refractivity contribution in [3.05, 3.63) is 76.8 Å². The van der Waals surface area contributed by atoms with Gasteiger partial charge in [-0.05, 0) is 60.6 Å². The molecule has 2 aromatic carbocycles. The number of hydrogen-bond acceptors (Lipinski definition) is 3. The van der Waals surface area contributed by atoms with Crippen LogP contribution in [0, 0.1) is 30.6 Å². The number of carbonyl (C=O) groups is 3. The number of anilines is 1. The van der Waals surface area contributed by atoms with Gasteiger partial charge >= 0.3 is 0 Å². The summed E-state index contributed by atoms with van der Waals surface area (Å²) in [6, 6.07) is 13.9. The minimum atomic E-state index is -0.626. The molecule has 3 aliphatic rings. The number of fused-ring (bicyclic) bond motifs is 5. The van der Waals surface area contributed by atoms with Gasteiger partial charge in [0.1, 0.15) is 0 Å². The molecule has 158 valence electrons. The third-order valence-electron chi connectivity index (χ3n) is 6.87. The molecule has 2 aliphatic carbocycles. The Morgan fingerprint density at radius 3 is 2.26 bits per heavy atom. The molecule has 2 aromatic rings. The third-order valence-corrected chi connectivity index (χ3v) is 7.12. The van der Waals surface area contributed by atoms with Gasteiger partial charge < -0.3 is 5.32 Å². The molecule has 5 unspecified atom stereocenters. The van der Waals surface area contributed by atoms with Crippen LogP contribution in [0.5, 0.6) is 0 Å². The van der Waals surface area contributed by atoms with Crippen molar-refractivity contribution in [2.75, 3.05) is 5.32 Å². The summed E-state index contributed by atoms with van der Waals surface area (Å²) in [5.74, 6) is -0.830. The van der Waals surface area contributed by atoms with Gasteiger partial charge in [0.25, 0.3) is 0 Å². The van der Waals surface area contributed by atoms with E-state index in [-0.39, 0.29) is 47.8 Å². The number of aryl methyl sites for hydroxylation is 1. The van der Waals surface area contributed by atoms with Crippen LogP contribution in [-0.2, 0) is 14.4 Å². The molecular weight excluding hydrogens is 412 g/mol. The quantitative estimate of drug-likeness (QED) is 0.555. The van der Waals surface area contributed by atoms with Crippen LogP contribution in [0.3, 0.4) is 0 Å². The molecule has 31 heavy (non-hydrogen) atoms. The van der Waals surface area contributed by atoms with E-state index in [0.717, 1.165) is 17.5 Å². The fourth-order valence-electron chi connectivity index (χ4n) is 5.45. The largest absolute Gasteiger partial charge is 0.326 e. The number of rotatable bonds is 5. The van der Waals surface area contributed by atoms with E-state index in [1.807, 2.05) is 31.2 Å². The molecule has 1 saturated carbocycles. The molecule has 0 spiro atoms. The second-order valence-corrected chi connectivity index (χ2v) is 9.11. The predicted molar refractivity (Wildman–Crippen MR) is 118 cm³/mol. The second kappa shape index (κ2) is 7.65. The molecule has 1 heterocycles. The number of imide groups is 1. The van der Waals surface area contributed by atoms with Gasteiger partial charge in [-0.25, -0.2) is 0 Å². The van der Waals surface area contributed by atoms with E-state index in [1.165, 1.54) is 4.90 Å². The van der Waals surface area contributed by atoms with E-state index in [0.29, 0.717) is 10.7 Å². The summed E-state index contributed by atoms with van der Waals surface area (Å²) in [5.41, 5.74) is 2.40. The van der Waals surface area contributed by atoms with Crippen LogP contribution in [0.15, 0.2) is 60.7 Å². The summed E-state index contributed by atoms with van der Waals surface area (Å²) in [6.07, 6.45) is 5.05. The summed E-state index contributed by atoms with van der Waals surface area (Å²) in [7, 11) is 0. The summed E-state index contributed by atoms with van der Waals surface area (Å²) < 4.78 is 0. The number of halogens is 1. The Morgan fingerprint density at radius 2 is 1.65 bits per heavy atom. The molecule has 5 rings (SSSR count). The van der Waals surface area contributed by atoms with E-state index in [2.05, 4.69) is 17.5 Å². The Bertz CT molecular complexity index is 1060. The summed E-state index contributed by atoms with van der Waals surface area (Å²) >= 11 is 5.92. The van der Waals surface area contributed by atoms with Gasteiger partial charge in [-0.2, -0.15) is 0 Å². The lowest BCUT2D eigenvalue weighted by Crippen LogP contribution is -2.38. The molecule has 6 heteroatoms. The van der Waals surface area contributed by atoms with Gasteiger partial charge in [-0.1, -0.05) is 48.0 Å². The Labute approximate surface area is 186 Å². The SMILES string of the molecule is Cc1ccccc1C(CC(=O)Nc1ccc(Cl)cc1)N1C(=O)C2C3C=CC(C3)C2C1=O.